The second-order valence-corrected chi connectivity index (χ2v) is 8.98. The van der Waals surface area contributed by atoms with Gasteiger partial charge < -0.3 is 19.4 Å². The maximum atomic E-state index is 12.5. The highest BCUT2D eigenvalue weighted by molar-refractivity contribution is 7.99. The van der Waals surface area contributed by atoms with Gasteiger partial charge in [0, 0.05) is 37.6 Å². The Hall–Kier alpha value is -2.22. The molecule has 1 saturated carbocycles. The van der Waals surface area contributed by atoms with Gasteiger partial charge in [0.15, 0.2) is 16.7 Å². The van der Waals surface area contributed by atoms with Crippen LogP contribution in [0.2, 0.25) is 0 Å². The normalized spacial score (nSPS) is 19.6. The molecule has 2 aromatic rings. The number of nitrogens with one attached hydrogen (secondary N) is 1. The van der Waals surface area contributed by atoms with Crippen molar-refractivity contribution in [2.24, 2.45) is 0 Å². The molecule has 29 heavy (non-hydrogen) atoms. The van der Waals surface area contributed by atoms with E-state index in [2.05, 4.69) is 20.1 Å². The fourth-order valence-electron chi connectivity index (χ4n) is 4.36. The number of amides is 1. The van der Waals surface area contributed by atoms with Gasteiger partial charge in [-0.05, 0) is 37.8 Å². The van der Waals surface area contributed by atoms with Gasteiger partial charge in [-0.15, -0.1) is 10.2 Å². The third kappa shape index (κ3) is 3.95. The topological polar surface area (TPSA) is 78.3 Å². The van der Waals surface area contributed by atoms with Gasteiger partial charge in [0.1, 0.15) is 5.82 Å². The summed E-state index contributed by atoms with van der Waals surface area (Å²) in [5, 5.41) is 12.4. The summed E-state index contributed by atoms with van der Waals surface area (Å²) in [6, 6.07) is 5.62. The number of aromatic nitrogens is 3. The fraction of sp³-hybridized carbons (Fsp3) is 0.571. The molecule has 1 amide bonds. The van der Waals surface area contributed by atoms with E-state index in [4.69, 9.17) is 9.47 Å². The van der Waals surface area contributed by atoms with Crippen LogP contribution in [-0.2, 0) is 17.8 Å². The lowest BCUT2D eigenvalue weighted by Gasteiger charge is -2.31. The maximum Gasteiger partial charge on any atom is 0.251 e. The zero-order valence-corrected chi connectivity index (χ0v) is 17.3. The molecule has 0 atom stereocenters. The minimum absolute atomic E-state index is 0.0628. The summed E-state index contributed by atoms with van der Waals surface area (Å²) in [6.07, 6.45) is 9.82. The molecular weight excluding hydrogens is 388 g/mol. The van der Waals surface area contributed by atoms with Gasteiger partial charge in [-0.25, -0.2) is 0 Å². The van der Waals surface area contributed by atoms with Gasteiger partial charge in [0.05, 0.1) is 5.75 Å². The summed E-state index contributed by atoms with van der Waals surface area (Å²) < 4.78 is 14.4. The minimum Gasteiger partial charge on any atom is -0.448 e. The Bertz CT molecular complexity index is 907. The number of hydrogen-bond acceptors (Lipinski definition) is 6. The number of thioether (sulfide) groups is 1. The number of fused-ring (bicyclic) bond motifs is 2. The Labute approximate surface area is 174 Å². The van der Waals surface area contributed by atoms with Crippen LogP contribution < -0.4 is 14.8 Å². The average Bonchev–Trinajstić information content (AvgIpc) is 3.17. The number of ether oxygens (including phenoxy) is 2. The van der Waals surface area contributed by atoms with E-state index in [1.807, 2.05) is 18.2 Å². The first-order valence-electron chi connectivity index (χ1n) is 10.6. The number of aryl methyl sites for hydroxylation is 1. The van der Waals surface area contributed by atoms with Gasteiger partial charge in [-0.2, -0.15) is 0 Å². The molecule has 1 aromatic carbocycles. The predicted molar refractivity (Wildman–Crippen MR) is 110 cm³/mol. The molecule has 1 aliphatic carbocycles. The van der Waals surface area contributed by atoms with Gasteiger partial charge >= 0.3 is 0 Å². The van der Waals surface area contributed by atoms with Crippen LogP contribution in [0, 0.1) is 0 Å². The highest BCUT2D eigenvalue weighted by Gasteiger charge is 2.42. The third-order valence-corrected chi connectivity index (χ3v) is 6.81. The van der Waals surface area contributed by atoms with Gasteiger partial charge in [-0.3, -0.25) is 4.79 Å². The number of carbonyl (C=O) groups excluding carboxylic acids is 1. The van der Waals surface area contributed by atoms with Crippen molar-refractivity contribution < 1.29 is 14.3 Å². The quantitative estimate of drug-likeness (QED) is 0.757. The lowest BCUT2D eigenvalue weighted by Crippen LogP contribution is -2.40. The number of hydrogen-bond donors (Lipinski definition) is 1. The number of anilines is 1. The van der Waals surface area contributed by atoms with Crippen LogP contribution in [0.3, 0.4) is 0 Å². The molecule has 0 unspecified atom stereocenters. The molecule has 0 radical (unpaired) electrons. The molecule has 5 rings (SSSR count). The number of benzene rings is 1. The van der Waals surface area contributed by atoms with Crippen molar-refractivity contribution in [1.29, 1.82) is 0 Å². The highest BCUT2D eigenvalue weighted by atomic mass is 32.2. The lowest BCUT2D eigenvalue weighted by molar-refractivity contribution is -0.113. The van der Waals surface area contributed by atoms with Crippen LogP contribution in [0.1, 0.15) is 57.2 Å². The van der Waals surface area contributed by atoms with Crippen molar-refractivity contribution in [2.45, 2.75) is 75.3 Å². The molecule has 154 valence electrons. The summed E-state index contributed by atoms with van der Waals surface area (Å²) in [6.45, 7) is 0.941. The first kappa shape index (κ1) is 18.8. The predicted octanol–water partition coefficient (Wildman–Crippen LogP) is 4.17. The second-order valence-electron chi connectivity index (χ2n) is 8.03. The molecular formula is C21H26N4O3S. The van der Waals surface area contributed by atoms with E-state index >= 15 is 0 Å². The number of carbonyl (C=O) groups is 1. The summed E-state index contributed by atoms with van der Waals surface area (Å²) in [5.74, 6) is 2.27. The fourth-order valence-corrected chi connectivity index (χ4v) is 5.14. The molecule has 3 aliphatic rings. The van der Waals surface area contributed by atoms with Crippen LogP contribution >= 0.6 is 11.8 Å². The van der Waals surface area contributed by atoms with Crippen LogP contribution in [0.5, 0.6) is 11.5 Å². The Morgan fingerprint density at radius 2 is 1.90 bits per heavy atom. The van der Waals surface area contributed by atoms with Crippen molar-refractivity contribution in [3.8, 4) is 11.5 Å². The van der Waals surface area contributed by atoms with Crippen molar-refractivity contribution in [1.82, 2.24) is 14.8 Å². The highest BCUT2D eigenvalue weighted by Crippen LogP contribution is 2.46. The maximum absolute atomic E-state index is 12.5. The number of rotatable bonds is 4. The molecule has 2 aliphatic heterocycles. The van der Waals surface area contributed by atoms with Crippen molar-refractivity contribution >= 4 is 23.4 Å². The Morgan fingerprint density at radius 1 is 1.07 bits per heavy atom. The molecule has 0 saturated heterocycles. The molecule has 8 heteroatoms. The van der Waals surface area contributed by atoms with Crippen LogP contribution in [0.15, 0.2) is 23.4 Å². The zero-order chi connectivity index (χ0) is 19.7. The zero-order valence-electron chi connectivity index (χ0n) is 16.5. The lowest BCUT2D eigenvalue weighted by atomic mass is 9.94. The van der Waals surface area contributed by atoms with Crippen LogP contribution in [0.4, 0.5) is 5.69 Å². The average molecular weight is 415 g/mol. The second kappa shape index (κ2) is 7.89. The first-order chi connectivity index (χ1) is 14.2. The van der Waals surface area contributed by atoms with Crippen LogP contribution in [-0.4, -0.2) is 32.2 Å². The van der Waals surface area contributed by atoms with E-state index < -0.39 is 5.79 Å². The molecule has 1 aromatic heterocycles. The minimum atomic E-state index is -0.495. The molecule has 1 fully saturated rings. The van der Waals surface area contributed by atoms with E-state index in [9.17, 15) is 4.79 Å². The molecule has 3 heterocycles. The van der Waals surface area contributed by atoms with Crippen molar-refractivity contribution in [3.63, 3.8) is 0 Å². The first-order valence-corrected chi connectivity index (χ1v) is 11.6. The van der Waals surface area contributed by atoms with Gasteiger partial charge in [0.25, 0.3) is 5.79 Å². The molecule has 0 bridgehead atoms. The Kier molecular flexibility index (Phi) is 5.11. The van der Waals surface area contributed by atoms with E-state index in [1.54, 1.807) is 0 Å². The largest absolute Gasteiger partial charge is 0.448 e. The van der Waals surface area contributed by atoms with E-state index in [1.165, 1.54) is 24.6 Å². The SMILES string of the molecule is O=C(CSc1nnc2n1CCCCC2)Nc1ccc2c(c1)OC1(CCCCC1)O2. The van der Waals surface area contributed by atoms with Gasteiger partial charge in [0.2, 0.25) is 5.91 Å². The van der Waals surface area contributed by atoms with E-state index in [0.717, 1.165) is 79.7 Å². The van der Waals surface area contributed by atoms with E-state index in [-0.39, 0.29) is 5.91 Å². The Balaban J connectivity index is 1.19. The number of nitrogens with zero attached hydrogens (tertiary/aromatic N) is 3. The van der Waals surface area contributed by atoms with Crippen LogP contribution in [0.25, 0.3) is 0 Å². The summed E-state index contributed by atoms with van der Waals surface area (Å²) >= 11 is 1.44. The third-order valence-electron chi connectivity index (χ3n) is 5.84. The smallest absolute Gasteiger partial charge is 0.251 e. The molecule has 7 nitrogen and oxygen atoms in total. The standard InChI is InChI=1S/C21H26N4O3S/c26-19(14-29-20-24-23-18-7-3-1-6-12-25(18)20)22-15-8-9-16-17(13-15)28-21(27-16)10-4-2-5-11-21/h8-9,13H,1-7,10-12,14H2,(H,22,26). The Morgan fingerprint density at radius 3 is 2.79 bits per heavy atom. The van der Waals surface area contributed by atoms with E-state index in [0.29, 0.717) is 5.75 Å². The molecule has 1 spiro atoms. The van der Waals surface area contributed by atoms with Gasteiger partial charge in [-0.1, -0.05) is 24.6 Å². The summed E-state index contributed by atoms with van der Waals surface area (Å²) in [7, 11) is 0. The van der Waals surface area contributed by atoms with Crippen molar-refractivity contribution in [2.75, 3.05) is 11.1 Å². The summed E-state index contributed by atoms with van der Waals surface area (Å²) in [5.41, 5.74) is 0.728. The monoisotopic (exact) mass is 414 g/mol. The van der Waals surface area contributed by atoms with Crippen molar-refractivity contribution in [3.05, 3.63) is 24.0 Å². The summed E-state index contributed by atoms with van der Waals surface area (Å²) in [4.78, 5) is 12.5. The molecule has 1 N–H and O–H groups in total.